The second-order valence-electron chi connectivity index (χ2n) is 6.78. The van der Waals surface area contributed by atoms with E-state index >= 15 is 0 Å². The summed E-state index contributed by atoms with van der Waals surface area (Å²) in [5.74, 6) is 0.437. The van der Waals surface area contributed by atoms with Gasteiger partial charge >= 0.3 is 0 Å². The molecule has 3 rings (SSSR count). The van der Waals surface area contributed by atoms with Crippen molar-refractivity contribution >= 4 is 23.5 Å². The van der Waals surface area contributed by atoms with E-state index < -0.39 is 0 Å². The first-order chi connectivity index (χ1) is 14.1. The maximum atomic E-state index is 13.8. The molecule has 1 N–H and O–H groups in total. The van der Waals surface area contributed by atoms with E-state index in [0.717, 1.165) is 5.56 Å². The van der Waals surface area contributed by atoms with E-state index in [0.29, 0.717) is 55.8 Å². The topological polar surface area (TPSA) is 60.8 Å². The zero-order valence-electron chi connectivity index (χ0n) is 16.4. The number of nitrogens with one attached hydrogen (secondary N) is 1. The summed E-state index contributed by atoms with van der Waals surface area (Å²) < 4.78 is 13.8. The van der Waals surface area contributed by atoms with Gasteiger partial charge in [-0.1, -0.05) is 23.7 Å². The Bertz CT molecular complexity index is 868. The Morgan fingerprint density at radius 2 is 1.97 bits per heavy atom. The Morgan fingerprint density at radius 3 is 2.66 bits per heavy atom. The second kappa shape index (κ2) is 10.2. The zero-order chi connectivity index (χ0) is 20.6. The highest BCUT2D eigenvalue weighted by atomic mass is 35.5. The second-order valence-corrected chi connectivity index (χ2v) is 7.21. The number of rotatable bonds is 5. The molecule has 1 saturated heterocycles. The van der Waals surface area contributed by atoms with Crippen molar-refractivity contribution in [3.8, 4) is 0 Å². The maximum absolute atomic E-state index is 13.8. The van der Waals surface area contributed by atoms with Crippen molar-refractivity contribution in [1.29, 1.82) is 0 Å². The molecule has 1 aliphatic heterocycles. The van der Waals surface area contributed by atoms with Gasteiger partial charge in [0.1, 0.15) is 5.82 Å². The number of aromatic nitrogens is 1. The molecule has 0 aliphatic carbocycles. The molecule has 1 fully saturated rings. The van der Waals surface area contributed by atoms with Crippen LogP contribution in [0.15, 0.2) is 47.6 Å². The van der Waals surface area contributed by atoms with Gasteiger partial charge in [0.15, 0.2) is 5.96 Å². The summed E-state index contributed by atoms with van der Waals surface area (Å²) in [6.07, 6.45) is 1.90. The van der Waals surface area contributed by atoms with Crippen molar-refractivity contribution in [1.82, 2.24) is 20.1 Å². The van der Waals surface area contributed by atoms with Crippen LogP contribution in [0.3, 0.4) is 0 Å². The number of halogens is 2. The molecule has 6 nitrogen and oxygen atoms in total. The monoisotopic (exact) mass is 417 g/mol. The standard InChI is InChI=1S/C21H25ClFN5O/c1-2-24-21(26-15-19-18(23)7-4-8-25-19)28-11-9-27(10-12-28)20(29)14-16-5-3-6-17(22)13-16/h3-8,13H,2,9-12,14-15H2,1H3,(H,24,26). The Hall–Kier alpha value is -2.67. The molecule has 1 aliphatic rings. The summed E-state index contributed by atoms with van der Waals surface area (Å²) in [5, 5.41) is 3.87. The van der Waals surface area contributed by atoms with E-state index in [1.807, 2.05) is 30.0 Å². The number of benzene rings is 1. The van der Waals surface area contributed by atoms with Crippen LogP contribution in [-0.4, -0.2) is 59.4 Å². The van der Waals surface area contributed by atoms with E-state index in [4.69, 9.17) is 11.6 Å². The minimum absolute atomic E-state index is 0.0874. The fourth-order valence-electron chi connectivity index (χ4n) is 3.21. The summed E-state index contributed by atoms with van der Waals surface area (Å²) in [6.45, 7) is 5.42. The van der Waals surface area contributed by atoms with Crippen molar-refractivity contribution in [3.05, 3.63) is 64.7 Å². The number of piperazine rings is 1. The summed E-state index contributed by atoms with van der Waals surface area (Å²) in [7, 11) is 0. The average Bonchev–Trinajstić information content (AvgIpc) is 2.72. The third kappa shape index (κ3) is 5.90. The molecule has 8 heteroatoms. The molecule has 2 aromatic rings. The van der Waals surface area contributed by atoms with Crippen LogP contribution in [0.5, 0.6) is 0 Å². The highest BCUT2D eigenvalue weighted by Crippen LogP contribution is 2.13. The fraction of sp³-hybridized carbons (Fsp3) is 0.381. The van der Waals surface area contributed by atoms with Crippen molar-refractivity contribution in [2.45, 2.75) is 19.9 Å². The van der Waals surface area contributed by atoms with Gasteiger partial charge < -0.3 is 15.1 Å². The van der Waals surface area contributed by atoms with Crippen LogP contribution < -0.4 is 5.32 Å². The van der Waals surface area contributed by atoms with E-state index in [1.54, 1.807) is 18.3 Å². The van der Waals surface area contributed by atoms with Crippen molar-refractivity contribution < 1.29 is 9.18 Å². The van der Waals surface area contributed by atoms with Crippen molar-refractivity contribution in [3.63, 3.8) is 0 Å². The molecular weight excluding hydrogens is 393 g/mol. The molecule has 0 spiro atoms. The van der Waals surface area contributed by atoms with Gasteiger partial charge in [-0.3, -0.25) is 9.78 Å². The lowest BCUT2D eigenvalue weighted by Gasteiger charge is -2.36. The fourth-order valence-corrected chi connectivity index (χ4v) is 3.42. The summed E-state index contributed by atoms with van der Waals surface area (Å²) in [6, 6.07) is 10.3. The number of hydrogen-bond donors (Lipinski definition) is 1. The van der Waals surface area contributed by atoms with Crippen LogP contribution in [0.1, 0.15) is 18.2 Å². The zero-order valence-corrected chi connectivity index (χ0v) is 17.2. The van der Waals surface area contributed by atoms with E-state index in [-0.39, 0.29) is 18.3 Å². The highest BCUT2D eigenvalue weighted by molar-refractivity contribution is 6.30. The van der Waals surface area contributed by atoms with E-state index in [1.165, 1.54) is 6.07 Å². The first kappa shape index (κ1) is 21.0. The highest BCUT2D eigenvalue weighted by Gasteiger charge is 2.23. The van der Waals surface area contributed by atoms with Gasteiger partial charge in [0.05, 0.1) is 18.7 Å². The minimum Gasteiger partial charge on any atom is -0.357 e. The van der Waals surface area contributed by atoms with Gasteiger partial charge in [0.2, 0.25) is 5.91 Å². The third-order valence-corrected chi connectivity index (χ3v) is 4.96. The molecule has 2 heterocycles. The number of hydrogen-bond acceptors (Lipinski definition) is 3. The van der Waals surface area contributed by atoms with Crippen LogP contribution >= 0.6 is 11.6 Å². The van der Waals surface area contributed by atoms with Crippen LogP contribution in [0, 0.1) is 5.82 Å². The third-order valence-electron chi connectivity index (χ3n) is 4.72. The average molecular weight is 418 g/mol. The van der Waals surface area contributed by atoms with Gasteiger partial charge in [-0.2, -0.15) is 0 Å². The predicted octanol–water partition coefficient (Wildman–Crippen LogP) is 2.73. The Morgan fingerprint density at radius 1 is 1.21 bits per heavy atom. The molecule has 0 atom stereocenters. The number of nitrogens with zero attached hydrogens (tertiary/aromatic N) is 4. The molecule has 0 bridgehead atoms. The van der Waals surface area contributed by atoms with Crippen molar-refractivity contribution in [2.24, 2.45) is 4.99 Å². The SMILES string of the molecule is CCNC(=NCc1ncccc1F)N1CCN(C(=O)Cc2cccc(Cl)c2)CC1. The lowest BCUT2D eigenvalue weighted by Crippen LogP contribution is -2.54. The number of guanidine groups is 1. The largest absolute Gasteiger partial charge is 0.357 e. The number of pyridine rings is 1. The number of aliphatic imine (C=N–C) groups is 1. The number of carbonyl (C=O) groups excluding carboxylic acids is 1. The maximum Gasteiger partial charge on any atom is 0.227 e. The minimum atomic E-state index is -0.358. The van der Waals surface area contributed by atoms with Crippen LogP contribution in [0.2, 0.25) is 5.02 Å². The quantitative estimate of drug-likeness (QED) is 0.600. The number of amides is 1. The Kier molecular flexibility index (Phi) is 7.41. The molecule has 1 aromatic carbocycles. The Balaban J connectivity index is 1.57. The van der Waals surface area contributed by atoms with Gasteiger partial charge in [-0.15, -0.1) is 0 Å². The summed E-state index contributed by atoms with van der Waals surface area (Å²) >= 11 is 6.00. The van der Waals surface area contributed by atoms with Crippen LogP contribution in [-0.2, 0) is 17.8 Å². The molecule has 1 amide bonds. The van der Waals surface area contributed by atoms with Crippen molar-refractivity contribution in [2.75, 3.05) is 32.7 Å². The molecule has 0 saturated carbocycles. The summed E-state index contributed by atoms with van der Waals surface area (Å²) in [4.78, 5) is 25.1. The van der Waals surface area contributed by atoms with Gasteiger partial charge in [-0.25, -0.2) is 9.38 Å². The van der Waals surface area contributed by atoms with E-state index in [9.17, 15) is 9.18 Å². The lowest BCUT2D eigenvalue weighted by molar-refractivity contribution is -0.131. The first-order valence-electron chi connectivity index (χ1n) is 9.71. The molecule has 154 valence electrons. The van der Waals surface area contributed by atoms with Crippen LogP contribution in [0.4, 0.5) is 4.39 Å². The molecular formula is C21H25ClFN5O. The number of carbonyl (C=O) groups is 1. The Labute approximate surface area is 175 Å². The van der Waals surface area contributed by atoms with Gasteiger partial charge in [0, 0.05) is 43.9 Å². The smallest absolute Gasteiger partial charge is 0.227 e. The lowest BCUT2D eigenvalue weighted by atomic mass is 10.1. The normalized spacial score (nSPS) is 14.8. The molecule has 0 unspecified atom stereocenters. The van der Waals surface area contributed by atoms with Gasteiger partial charge in [0.25, 0.3) is 0 Å². The predicted molar refractivity (Wildman–Crippen MR) is 112 cm³/mol. The van der Waals surface area contributed by atoms with Crippen LogP contribution in [0.25, 0.3) is 0 Å². The molecule has 1 aromatic heterocycles. The first-order valence-corrected chi connectivity index (χ1v) is 10.1. The molecule has 29 heavy (non-hydrogen) atoms. The van der Waals surface area contributed by atoms with Gasteiger partial charge in [-0.05, 0) is 36.8 Å². The molecule has 0 radical (unpaired) electrons. The summed E-state index contributed by atoms with van der Waals surface area (Å²) in [5.41, 5.74) is 1.23. The van der Waals surface area contributed by atoms with E-state index in [2.05, 4.69) is 20.2 Å².